The molecule has 0 saturated heterocycles. The molecule has 1 aromatic heterocycles. The number of hydrogen-bond acceptors (Lipinski definition) is 5. The quantitative estimate of drug-likeness (QED) is 0.202. The average molecular weight is 362 g/mol. The Morgan fingerprint density at radius 2 is 1.52 bits per heavy atom. The highest BCUT2D eigenvalue weighted by atomic mass is 16.9. The average Bonchev–Trinajstić information content (AvgIpc) is 2.60. The van der Waals surface area contributed by atoms with E-state index < -0.39 is 5.09 Å². The van der Waals surface area contributed by atoms with Crippen molar-refractivity contribution >= 4 is 33.2 Å². The Balaban J connectivity index is 0.000000481. The van der Waals surface area contributed by atoms with Gasteiger partial charge in [-0.05, 0) is 48.9 Å². The molecule has 0 spiro atoms. The zero-order valence-electron chi connectivity index (χ0n) is 14.6. The molecule has 0 unspecified atom stereocenters. The van der Waals surface area contributed by atoms with Crippen LogP contribution in [0.1, 0.15) is 5.56 Å². The van der Waals surface area contributed by atoms with E-state index in [1.807, 2.05) is 30.3 Å². The Morgan fingerprint density at radius 1 is 0.889 bits per heavy atom. The summed E-state index contributed by atoms with van der Waals surface area (Å²) in [6.07, 6.45) is 0. The van der Waals surface area contributed by atoms with Crippen molar-refractivity contribution in [3.05, 3.63) is 76.3 Å². The monoisotopic (exact) mass is 362 g/mol. The van der Waals surface area contributed by atoms with E-state index in [1.54, 1.807) is 0 Å². The third-order valence-corrected chi connectivity index (χ3v) is 4.15. The van der Waals surface area contributed by atoms with E-state index in [0.29, 0.717) is 0 Å². The number of pyridine rings is 1. The number of nitrogen functional groups attached to an aromatic ring is 2. The second-order valence-corrected chi connectivity index (χ2v) is 6.14. The first-order valence-electron chi connectivity index (χ1n) is 8.14. The number of aromatic nitrogens is 1. The molecule has 0 saturated carbocycles. The van der Waals surface area contributed by atoms with E-state index in [9.17, 15) is 0 Å². The third-order valence-electron chi connectivity index (χ3n) is 4.15. The molecule has 5 N–H and O–H groups in total. The van der Waals surface area contributed by atoms with Gasteiger partial charge in [0.15, 0.2) is 0 Å². The summed E-state index contributed by atoms with van der Waals surface area (Å²) in [5.74, 6) is 0. The van der Waals surface area contributed by atoms with Crippen LogP contribution in [0.25, 0.3) is 32.9 Å². The smallest absolute Gasteiger partial charge is 0.291 e. The Bertz CT molecular complexity index is 1140. The zero-order chi connectivity index (χ0) is 19.6. The minimum absolute atomic E-state index is 0.722. The van der Waals surface area contributed by atoms with Gasteiger partial charge in [0.1, 0.15) is 0 Å². The molecule has 7 nitrogen and oxygen atoms in total. The molecule has 0 amide bonds. The highest BCUT2D eigenvalue weighted by molar-refractivity contribution is 6.10. The van der Waals surface area contributed by atoms with Crippen molar-refractivity contribution in [1.82, 2.24) is 4.98 Å². The molecule has 0 aliphatic rings. The third kappa shape index (κ3) is 3.87. The summed E-state index contributed by atoms with van der Waals surface area (Å²) in [6, 6.07) is 20.2. The Kier molecular flexibility index (Phi) is 4.76. The molecule has 0 atom stereocenters. The lowest BCUT2D eigenvalue weighted by molar-refractivity contribution is -0.742. The van der Waals surface area contributed by atoms with Crippen LogP contribution in [0.15, 0.2) is 60.7 Å². The minimum Gasteiger partial charge on any atom is -0.399 e. The summed E-state index contributed by atoms with van der Waals surface area (Å²) in [6.45, 7) is 2.10. The predicted octanol–water partition coefficient (Wildman–Crippen LogP) is 4.18. The number of nitrogens with zero attached hydrogens (tertiary/aromatic N) is 2. The molecule has 4 aromatic rings. The van der Waals surface area contributed by atoms with Crippen molar-refractivity contribution in [1.29, 1.82) is 0 Å². The fraction of sp³-hybridized carbons (Fsp3) is 0.0500. The first kappa shape index (κ1) is 17.9. The van der Waals surface area contributed by atoms with Crippen molar-refractivity contribution in [2.24, 2.45) is 0 Å². The largest absolute Gasteiger partial charge is 0.399 e. The first-order chi connectivity index (χ1) is 12.8. The lowest BCUT2D eigenvalue weighted by Crippen LogP contribution is -1.92. The maximum absolute atomic E-state index is 8.36. The summed E-state index contributed by atoms with van der Waals surface area (Å²) < 4.78 is 0. The molecular formula is C20H18N4O3. The number of rotatable bonds is 1. The van der Waals surface area contributed by atoms with Gasteiger partial charge in [-0.25, -0.2) is 4.98 Å². The van der Waals surface area contributed by atoms with Gasteiger partial charge in [-0.2, -0.15) is 0 Å². The van der Waals surface area contributed by atoms with Crippen LogP contribution in [-0.2, 0) is 0 Å². The summed E-state index contributed by atoms with van der Waals surface area (Å²) >= 11 is 0. The number of benzene rings is 3. The lowest BCUT2D eigenvalue weighted by Gasteiger charge is -2.12. The van der Waals surface area contributed by atoms with Crippen LogP contribution in [-0.4, -0.2) is 15.3 Å². The van der Waals surface area contributed by atoms with Crippen LogP contribution in [0.2, 0.25) is 0 Å². The molecule has 1 heterocycles. The summed E-state index contributed by atoms with van der Waals surface area (Å²) in [4.78, 5) is 13.1. The second kappa shape index (κ2) is 7.17. The normalized spacial score (nSPS) is 10.4. The first-order valence-corrected chi connectivity index (χ1v) is 8.14. The SMILES string of the molecule is Cc1ccc2nc3cc(N)ccc3c(-c3ccc(N)cc3)c2c1.O=[N+]([O-])O. The van der Waals surface area contributed by atoms with Crippen LogP contribution in [0.5, 0.6) is 0 Å². The van der Waals surface area contributed by atoms with E-state index >= 15 is 0 Å². The highest BCUT2D eigenvalue weighted by Gasteiger charge is 2.11. The highest BCUT2D eigenvalue weighted by Crippen LogP contribution is 2.36. The Morgan fingerprint density at radius 3 is 2.19 bits per heavy atom. The van der Waals surface area contributed by atoms with Crippen molar-refractivity contribution in [2.45, 2.75) is 6.92 Å². The van der Waals surface area contributed by atoms with E-state index in [1.165, 1.54) is 11.1 Å². The summed E-state index contributed by atoms with van der Waals surface area (Å²) in [7, 11) is 0. The van der Waals surface area contributed by atoms with Crippen LogP contribution >= 0.6 is 0 Å². The zero-order valence-corrected chi connectivity index (χ0v) is 14.6. The molecule has 0 fully saturated rings. The number of fused-ring (bicyclic) bond motifs is 2. The van der Waals surface area contributed by atoms with Crippen LogP contribution in [0, 0.1) is 17.0 Å². The fourth-order valence-corrected chi connectivity index (χ4v) is 3.04. The van der Waals surface area contributed by atoms with Gasteiger partial charge in [0.2, 0.25) is 0 Å². The molecular weight excluding hydrogens is 344 g/mol. The van der Waals surface area contributed by atoms with Gasteiger partial charge in [0.25, 0.3) is 5.09 Å². The lowest BCUT2D eigenvalue weighted by atomic mass is 9.95. The molecule has 0 bridgehead atoms. The standard InChI is InChI=1S/C20H17N3.HNO3/c1-12-2-9-18-17(10-12)20(13-3-5-14(21)6-4-13)16-8-7-15(22)11-19(16)23-18;2-1(3)4/h2-11H,21-22H2,1H3;(H,2,3,4). The fourth-order valence-electron chi connectivity index (χ4n) is 3.04. The topological polar surface area (TPSA) is 128 Å². The van der Waals surface area contributed by atoms with Gasteiger partial charge in [0.05, 0.1) is 11.0 Å². The maximum Gasteiger partial charge on any atom is 0.291 e. The van der Waals surface area contributed by atoms with Gasteiger partial charge >= 0.3 is 0 Å². The Hall–Kier alpha value is -3.87. The van der Waals surface area contributed by atoms with Crippen molar-refractivity contribution < 1.29 is 10.3 Å². The van der Waals surface area contributed by atoms with E-state index in [2.05, 4.69) is 37.3 Å². The number of nitrogens with two attached hydrogens (primary N) is 2. The van der Waals surface area contributed by atoms with Crippen LogP contribution in [0.4, 0.5) is 11.4 Å². The molecule has 4 rings (SSSR count). The second-order valence-electron chi connectivity index (χ2n) is 6.14. The van der Waals surface area contributed by atoms with Gasteiger partial charge in [-0.15, -0.1) is 10.1 Å². The van der Waals surface area contributed by atoms with Gasteiger partial charge < -0.3 is 16.7 Å². The molecule has 0 aliphatic carbocycles. The van der Waals surface area contributed by atoms with Crippen molar-refractivity contribution in [3.63, 3.8) is 0 Å². The van der Waals surface area contributed by atoms with Gasteiger partial charge in [-0.3, -0.25) is 0 Å². The van der Waals surface area contributed by atoms with Gasteiger partial charge in [-0.1, -0.05) is 29.8 Å². The summed E-state index contributed by atoms with van der Waals surface area (Å²) in [5, 5.41) is 15.9. The van der Waals surface area contributed by atoms with Crippen LogP contribution in [0.3, 0.4) is 0 Å². The number of hydrogen-bond donors (Lipinski definition) is 3. The van der Waals surface area contributed by atoms with Crippen molar-refractivity contribution in [2.75, 3.05) is 11.5 Å². The number of aryl methyl sites for hydroxylation is 1. The molecule has 0 aliphatic heterocycles. The molecule has 7 heteroatoms. The molecule has 0 radical (unpaired) electrons. The maximum atomic E-state index is 8.36. The molecule has 3 aromatic carbocycles. The molecule has 136 valence electrons. The Labute approximate surface area is 155 Å². The minimum atomic E-state index is -1.50. The van der Waals surface area contributed by atoms with E-state index in [-0.39, 0.29) is 0 Å². The van der Waals surface area contributed by atoms with E-state index in [4.69, 9.17) is 31.8 Å². The summed E-state index contributed by atoms with van der Waals surface area (Å²) in [5.41, 5.74) is 18.7. The van der Waals surface area contributed by atoms with E-state index in [0.717, 1.165) is 38.7 Å². The predicted molar refractivity (Wildman–Crippen MR) is 107 cm³/mol. The van der Waals surface area contributed by atoms with Crippen LogP contribution < -0.4 is 11.5 Å². The van der Waals surface area contributed by atoms with Crippen molar-refractivity contribution in [3.8, 4) is 11.1 Å². The molecule has 27 heavy (non-hydrogen) atoms. The number of anilines is 2. The van der Waals surface area contributed by atoms with Gasteiger partial charge in [0, 0.05) is 27.7 Å².